The highest BCUT2D eigenvalue weighted by atomic mass is 35.5. The molecule has 0 aliphatic rings. The number of nitrogens with one attached hydrogen (secondary N) is 2. The molecule has 0 saturated heterocycles. The van der Waals surface area contributed by atoms with E-state index in [1.165, 1.54) is 18.3 Å². The molecule has 2 atom stereocenters. The normalized spacial score (nSPS) is 12.5. The molecular weight excluding hydrogens is 660 g/mol. The average Bonchev–Trinajstić information content (AvgIpc) is 3.60. The largest absolute Gasteiger partial charge is 0.487 e. The van der Waals surface area contributed by atoms with Crippen molar-refractivity contribution in [3.8, 4) is 28.3 Å². The molecule has 5 aromatic rings. The minimum Gasteiger partial charge on any atom is -0.487 e. The van der Waals surface area contributed by atoms with Crippen molar-refractivity contribution in [3.63, 3.8) is 0 Å². The molecule has 5 rings (SSSR count). The van der Waals surface area contributed by atoms with Crippen molar-refractivity contribution in [3.05, 3.63) is 123 Å². The zero-order valence-electron chi connectivity index (χ0n) is 27.6. The molecule has 2 amide bonds. The first-order valence-electron chi connectivity index (χ1n) is 15.7. The monoisotopic (exact) mass is 696 g/mol. The SMILES string of the molecule is CC(NC(=O)C(Cc1ccc(-c2ncc(-c3ccc(OCc4ccccc4)c(Cl)c3)cn2)cc1)NC(=O)c1ccc(C(C)(C)C)s1)C(=O)O. The van der Waals surface area contributed by atoms with Crippen molar-refractivity contribution in [1.82, 2.24) is 20.6 Å². The summed E-state index contributed by atoms with van der Waals surface area (Å²) in [6, 6.07) is 24.3. The van der Waals surface area contributed by atoms with Crippen molar-refractivity contribution in [2.45, 2.75) is 58.2 Å². The van der Waals surface area contributed by atoms with Crippen LogP contribution in [0.15, 0.2) is 97.3 Å². The molecule has 0 bridgehead atoms. The van der Waals surface area contributed by atoms with E-state index in [0.717, 1.165) is 32.7 Å². The number of carboxylic acid groups (broad SMARTS) is 1. The Morgan fingerprint density at radius 1 is 0.857 bits per heavy atom. The lowest BCUT2D eigenvalue weighted by atomic mass is 9.95. The number of ether oxygens (including phenoxy) is 1. The van der Waals surface area contributed by atoms with E-state index in [4.69, 9.17) is 16.3 Å². The van der Waals surface area contributed by atoms with Crippen LogP contribution in [0.2, 0.25) is 5.02 Å². The molecule has 2 heterocycles. The van der Waals surface area contributed by atoms with Crippen molar-refractivity contribution >= 4 is 40.7 Å². The van der Waals surface area contributed by atoms with Gasteiger partial charge in [0.05, 0.1) is 9.90 Å². The Morgan fingerprint density at radius 2 is 1.53 bits per heavy atom. The molecule has 2 aromatic heterocycles. The Balaban J connectivity index is 1.26. The second-order valence-electron chi connectivity index (χ2n) is 12.6. The summed E-state index contributed by atoms with van der Waals surface area (Å²) in [4.78, 5) is 48.3. The molecule has 0 aliphatic heterocycles. The van der Waals surface area contributed by atoms with Crippen LogP contribution < -0.4 is 15.4 Å². The lowest BCUT2D eigenvalue weighted by molar-refractivity contribution is -0.141. The van der Waals surface area contributed by atoms with Crippen LogP contribution in [0.5, 0.6) is 5.75 Å². The summed E-state index contributed by atoms with van der Waals surface area (Å²) in [5.74, 6) is -1.06. The van der Waals surface area contributed by atoms with Gasteiger partial charge in [-0.25, -0.2) is 9.97 Å². The van der Waals surface area contributed by atoms with Gasteiger partial charge in [-0.05, 0) is 53.3 Å². The number of aromatic nitrogens is 2. The third-order valence-electron chi connectivity index (χ3n) is 7.73. The zero-order chi connectivity index (χ0) is 35.1. The van der Waals surface area contributed by atoms with Crippen molar-refractivity contribution in [2.24, 2.45) is 0 Å². The van der Waals surface area contributed by atoms with E-state index in [1.807, 2.05) is 78.9 Å². The zero-order valence-corrected chi connectivity index (χ0v) is 29.1. The second-order valence-corrected chi connectivity index (χ2v) is 14.1. The lowest BCUT2D eigenvalue weighted by Crippen LogP contribution is -2.51. The molecule has 3 N–H and O–H groups in total. The molecule has 9 nitrogen and oxygen atoms in total. The van der Waals surface area contributed by atoms with Gasteiger partial charge in [-0.15, -0.1) is 11.3 Å². The summed E-state index contributed by atoms with van der Waals surface area (Å²) >= 11 is 7.88. The van der Waals surface area contributed by atoms with E-state index in [-0.39, 0.29) is 11.8 Å². The summed E-state index contributed by atoms with van der Waals surface area (Å²) < 4.78 is 5.89. The molecule has 252 valence electrons. The van der Waals surface area contributed by atoms with Crippen molar-refractivity contribution in [2.75, 3.05) is 0 Å². The van der Waals surface area contributed by atoms with Crippen LogP contribution in [0.25, 0.3) is 22.5 Å². The molecule has 0 aliphatic carbocycles. The Kier molecular flexibility index (Phi) is 11.1. The van der Waals surface area contributed by atoms with Gasteiger partial charge in [0.15, 0.2) is 5.82 Å². The highest BCUT2D eigenvalue weighted by Gasteiger charge is 2.26. The Hall–Kier alpha value is -5.06. The third-order valence-corrected chi connectivity index (χ3v) is 9.53. The second kappa shape index (κ2) is 15.4. The van der Waals surface area contributed by atoms with E-state index in [2.05, 4.69) is 41.4 Å². The number of carbonyl (C=O) groups is 3. The molecule has 3 aromatic carbocycles. The fraction of sp³-hybridized carbons (Fsp3) is 0.237. The van der Waals surface area contributed by atoms with Crippen LogP contribution in [-0.4, -0.2) is 44.9 Å². The van der Waals surface area contributed by atoms with Crippen LogP contribution >= 0.6 is 22.9 Å². The van der Waals surface area contributed by atoms with Gasteiger partial charge in [-0.1, -0.05) is 93.0 Å². The van der Waals surface area contributed by atoms with E-state index in [9.17, 15) is 19.5 Å². The van der Waals surface area contributed by atoms with E-state index >= 15 is 0 Å². The van der Waals surface area contributed by atoms with Gasteiger partial charge in [0.1, 0.15) is 24.4 Å². The van der Waals surface area contributed by atoms with Crippen LogP contribution in [0.3, 0.4) is 0 Å². The first-order valence-corrected chi connectivity index (χ1v) is 16.9. The number of carbonyl (C=O) groups excluding carboxylic acids is 2. The molecule has 11 heteroatoms. The van der Waals surface area contributed by atoms with Gasteiger partial charge in [0.25, 0.3) is 5.91 Å². The quantitative estimate of drug-likeness (QED) is 0.125. The van der Waals surface area contributed by atoms with Crippen LogP contribution in [0, 0.1) is 0 Å². The molecular formula is C38H37ClN4O5S. The summed E-state index contributed by atoms with van der Waals surface area (Å²) in [5, 5.41) is 15.1. The highest BCUT2D eigenvalue weighted by Crippen LogP contribution is 2.32. The van der Waals surface area contributed by atoms with E-state index in [1.54, 1.807) is 18.5 Å². The van der Waals surface area contributed by atoms with Crippen LogP contribution in [-0.2, 0) is 28.0 Å². The maximum absolute atomic E-state index is 13.2. The predicted molar refractivity (Wildman–Crippen MR) is 192 cm³/mol. The molecule has 0 spiro atoms. The standard InChI is InChI=1S/C38H37ClN4O5S/c1-23(37(46)47)42-35(44)30(43-36(45)32-16-17-33(49-32)38(2,3)4)18-24-10-12-26(13-11-24)34-40-20-28(21-41-34)27-14-15-31(29(39)19-27)48-22-25-8-6-5-7-9-25/h5-17,19-21,23,30H,18,22H2,1-4H3,(H,42,44)(H,43,45)(H,46,47). The number of benzene rings is 3. The van der Waals surface area contributed by atoms with Gasteiger partial charge in [-0.2, -0.15) is 0 Å². The number of halogens is 1. The highest BCUT2D eigenvalue weighted by molar-refractivity contribution is 7.14. The number of hydrogen-bond donors (Lipinski definition) is 3. The van der Waals surface area contributed by atoms with Crippen LogP contribution in [0.1, 0.15) is 53.4 Å². The summed E-state index contributed by atoms with van der Waals surface area (Å²) in [6.07, 6.45) is 3.59. The minimum atomic E-state index is -1.17. The lowest BCUT2D eigenvalue weighted by Gasteiger charge is -2.20. The fourth-order valence-electron chi connectivity index (χ4n) is 4.86. The molecule has 0 saturated carbocycles. The van der Waals surface area contributed by atoms with E-state index in [0.29, 0.717) is 28.1 Å². The maximum Gasteiger partial charge on any atom is 0.325 e. The van der Waals surface area contributed by atoms with Gasteiger partial charge < -0.3 is 20.5 Å². The number of hydrogen-bond acceptors (Lipinski definition) is 7. The van der Waals surface area contributed by atoms with Gasteiger partial charge in [0, 0.05) is 34.8 Å². The Morgan fingerprint density at radius 3 is 2.14 bits per heavy atom. The minimum absolute atomic E-state index is 0.125. The van der Waals surface area contributed by atoms with E-state index < -0.39 is 29.9 Å². The molecule has 0 fully saturated rings. The summed E-state index contributed by atoms with van der Waals surface area (Å²) in [5.41, 5.74) is 4.08. The maximum atomic E-state index is 13.2. The first-order chi connectivity index (χ1) is 23.4. The van der Waals surface area contributed by atoms with Gasteiger partial charge in [-0.3, -0.25) is 14.4 Å². The first kappa shape index (κ1) is 35.3. The Bertz CT molecular complexity index is 1920. The number of rotatable bonds is 12. The van der Waals surface area contributed by atoms with Crippen molar-refractivity contribution in [1.29, 1.82) is 0 Å². The Labute approximate surface area is 294 Å². The number of aliphatic carboxylic acids is 1. The fourth-order valence-corrected chi connectivity index (χ4v) is 6.06. The average molecular weight is 697 g/mol. The number of amides is 2. The van der Waals surface area contributed by atoms with Crippen molar-refractivity contribution < 1.29 is 24.2 Å². The summed E-state index contributed by atoms with van der Waals surface area (Å²) in [6.45, 7) is 7.97. The van der Waals surface area contributed by atoms with Crippen LogP contribution in [0.4, 0.5) is 0 Å². The number of thiophene rings is 1. The molecule has 2 unspecified atom stereocenters. The number of carboxylic acids is 1. The molecule has 0 radical (unpaired) electrons. The van der Waals surface area contributed by atoms with Gasteiger partial charge >= 0.3 is 5.97 Å². The molecule has 49 heavy (non-hydrogen) atoms. The van der Waals surface area contributed by atoms with Gasteiger partial charge in [0.2, 0.25) is 5.91 Å². The smallest absolute Gasteiger partial charge is 0.325 e. The predicted octanol–water partition coefficient (Wildman–Crippen LogP) is 7.33. The third kappa shape index (κ3) is 9.31. The number of nitrogens with zero attached hydrogens (tertiary/aromatic N) is 2. The summed E-state index contributed by atoms with van der Waals surface area (Å²) in [7, 11) is 0. The topological polar surface area (TPSA) is 131 Å².